The van der Waals surface area contributed by atoms with Gasteiger partial charge in [-0.05, 0) is 54.4 Å². The van der Waals surface area contributed by atoms with Gasteiger partial charge in [0.15, 0.2) is 7.14 Å². The van der Waals surface area contributed by atoms with E-state index in [0.29, 0.717) is 4.90 Å². The number of rotatable bonds is 3. The molecule has 0 amide bonds. The van der Waals surface area contributed by atoms with Gasteiger partial charge in [-0.25, -0.2) is 0 Å². The van der Waals surface area contributed by atoms with Crippen LogP contribution in [-0.4, -0.2) is 8.76 Å². The summed E-state index contributed by atoms with van der Waals surface area (Å²) >= 11 is -2.06. The molecule has 3 aromatic carbocycles. The molecule has 0 radical (unpaired) electrons. The molecule has 3 aromatic rings. The second-order valence-corrected chi connectivity index (χ2v) is 8.70. The second-order valence-electron chi connectivity index (χ2n) is 4.73. The molecule has 0 saturated heterocycles. The van der Waals surface area contributed by atoms with Crippen LogP contribution in [0, 0.1) is 14.1 Å². The Bertz CT molecular complexity index is 691. The number of halogens is 1. The highest BCUT2D eigenvalue weighted by Gasteiger charge is 2.12. The molecule has 0 bridgehead atoms. The topological polar surface area (TPSA) is 40.1 Å². The summed E-state index contributed by atoms with van der Waals surface area (Å²) in [6.07, 6.45) is 0. The van der Waals surface area contributed by atoms with Gasteiger partial charge in [-0.3, -0.25) is 4.21 Å². The first kappa shape index (κ1) is 17.8. The lowest BCUT2D eigenvalue weighted by atomic mass is 10.2. The van der Waals surface area contributed by atoms with Crippen molar-refractivity contribution in [1.29, 1.82) is 0 Å². The van der Waals surface area contributed by atoms with Crippen molar-refractivity contribution in [1.82, 2.24) is 0 Å². The predicted molar refractivity (Wildman–Crippen MR) is 88.6 cm³/mol. The Labute approximate surface area is 150 Å². The Morgan fingerprint density at radius 1 is 0.739 bits per heavy atom. The van der Waals surface area contributed by atoms with Crippen LogP contribution in [0.2, 0.25) is 0 Å². The summed E-state index contributed by atoms with van der Waals surface area (Å²) in [5, 5.41) is 0. The molecule has 1 unspecified atom stereocenters. The molecule has 1 atom stereocenters. The molecule has 0 aliphatic carbocycles. The Hall–Kier alpha value is -1.50. The van der Waals surface area contributed by atoms with Gasteiger partial charge in [0, 0.05) is 4.90 Å². The predicted octanol–water partition coefficient (Wildman–Crippen LogP) is 1.05. The largest absolute Gasteiger partial charge is 0.768 e. The van der Waals surface area contributed by atoms with Gasteiger partial charge in [0.25, 0.3) is 0 Å². The fraction of sp³-hybridized carbons (Fsp3) is 0.0526. The number of aryl methyl sites for hydroxylation is 1. The third-order valence-electron chi connectivity index (χ3n) is 2.90. The molecule has 2 nitrogen and oxygen atoms in total. The van der Waals surface area contributed by atoms with Crippen LogP contribution < -0.4 is 21.2 Å². The van der Waals surface area contributed by atoms with E-state index in [9.17, 15) is 8.76 Å². The first-order valence-corrected chi connectivity index (χ1v) is 10.3. The minimum atomic E-state index is -2.09. The minimum Gasteiger partial charge on any atom is -0.768 e. The van der Waals surface area contributed by atoms with Crippen LogP contribution in [0.3, 0.4) is 0 Å². The SMILES string of the molecule is Cc1ccc(S(=O)[O-])cc1.c1ccc([I+]c2ccccc2)cc1. The molecular weight excluding hydrogens is 419 g/mol. The van der Waals surface area contributed by atoms with Gasteiger partial charge in [0.05, 0.1) is 0 Å². The minimum absolute atomic E-state index is 0.0287. The summed E-state index contributed by atoms with van der Waals surface area (Å²) in [5.74, 6) is 0. The van der Waals surface area contributed by atoms with Crippen molar-refractivity contribution in [2.24, 2.45) is 0 Å². The molecule has 0 aromatic heterocycles. The van der Waals surface area contributed by atoms with Gasteiger partial charge in [-0.1, -0.05) is 54.1 Å². The van der Waals surface area contributed by atoms with Gasteiger partial charge in [0.1, 0.15) is 0 Å². The zero-order valence-corrected chi connectivity index (χ0v) is 15.7. The number of benzene rings is 3. The molecule has 3 rings (SSSR count). The molecular formula is C19H17IO2S. The monoisotopic (exact) mass is 436 g/mol. The standard InChI is InChI=1S/C12H10I.C7H8O2S/c1-3-7-11(8-4-1)13-12-9-5-2-6-10-12;1-6-2-4-7(5-3-6)10(8)9/h1-10H;2-5H,1H3,(H,8,9)/q+1;/p-1. The van der Waals surface area contributed by atoms with Crippen LogP contribution >= 0.6 is 0 Å². The number of hydrogen-bond acceptors (Lipinski definition) is 2. The van der Waals surface area contributed by atoms with Crippen molar-refractivity contribution < 1.29 is 30.0 Å². The highest BCUT2D eigenvalue weighted by molar-refractivity contribution is 7.79. The average molecular weight is 436 g/mol. The van der Waals surface area contributed by atoms with E-state index in [-0.39, 0.29) is 21.2 Å². The Morgan fingerprint density at radius 2 is 1.17 bits per heavy atom. The van der Waals surface area contributed by atoms with Crippen molar-refractivity contribution in [3.8, 4) is 0 Å². The highest BCUT2D eigenvalue weighted by atomic mass is 127. The van der Waals surface area contributed by atoms with Gasteiger partial charge in [-0.2, -0.15) is 0 Å². The molecule has 0 spiro atoms. The number of hydrogen-bond donors (Lipinski definition) is 0. The summed E-state index contributed by atoms with van der Waals surface area (Å²) in [4.78, 5) is 0.339. The van der Waals surface area contributed by atoms with E-state index < -0.39 is 11.1 Å². The second kappa shape index (κ2) is 9.60. The smallest absolute Gasteiger partial charge is 0.357 e. The van der Waals surface area contributed by atoms with E-state index in [0.717, 1.165) is 5.56 Å². The lowest BCUT2D eigenvalue weighted by Gasteiger charge is -2.03. The van der Waals surface area contributed by atoms with E-state index >= 15 is 0 Å². The molecule has 4 heteroatoms. The molecule has 0 aliphatic heterocycles. The third kappa shape index (κ3) is 6.64. The maximum absolute atomic E-state index is 10.3. The molecule has 0 saturated carbocycles. The Balaban J connectivity index is 0.000000174. The summed E-state index contributed by atoms with van der Waals surface area (Å²) in [7, 11) is 0. The van der Waals surface area contributed by atoms with Gasteiger partial charge >= 0.3 is 21.2 Å². The molecule has 118 valence electrons. The summed E-state index contributed by atoms with van der Waals surface area (Å²) < 4.78 is 23.6. The van der Waals surface area contributed by atoms with E-state index in [1.165, 1.54) is 7.14 Å². The third-order valence-corrected chi connectivity index (χ3v) is 6.24. The Kier molecular flexibility index (Phi) is 7.45. The quantitative estimate of drug-likeness (QED) is 0.455. The fourth-order valence-electron chi connectivity index (χ4n) is 1.73. The van der Waals surface area contributed by atoms with Crippen LogP contribution in [0.1, 0.15) is 5.56 Å². The van der Waals surface area contributed by atoms with Crippen molar-refractivity contribution in [2.75, 3.05) is 0 Å². The van der Waals surface area contributed by atoms with E-state index in [4.69, 9.17) is 0 Å². The van der Waals surface area contributed by atoms with Crippen LogP contribution in [-0.2, 0) is 11.1 Å². The first-order chi connectivity index (χ1) is 11.1. The summed E-state index contributed by atoms with van der Waals surface area (Å²) in [5.41, 5.74) is 1.06. The van der Waals surface area contributed by atoms with Gasteiger partial charge < -0.3 is 4.55 Å². The first-order valence-electron chi connectivity index (χ1n) is 7.06. The van der Waals surface area contributed by atoms with E-state index in [1.807, 2.05) is 6.92 Å². The molecule has 0 aliphatic rings. The normalized spacial score (nSPS) is 11.2. The Morgan fingerprint density at radius 3 is 1.57 bits per heavy atom. The maximum atomic E-state index is 10.3. The lowest BCUT2D eigenvalue weighted by molar-refractivity contribution is -0.597. The van der Waals surface area contributed by atoms with Crippen LogP contribution in [0.25, 0.3) is 0 Å². The zero-order valence-electron chi connectivity index (χ0n) is 12.7. The summed E-state index contributed by atoms with van der Waals surface area (Å²) in [6.45, 7) is 1.91. The summed E-state index contributed by atoms with van der Waals surface area (Å²) in [6, 6.07) is 28.1. The van der Waals surface area contributed by atoms with Crippen LogP contribution in [0.15, 0.2) is 89.8 Å². The molecule has 0 heterocycles. The van der Waals surface area contributed by atoms with Gasteiger partial charge in [-0.15, -0.1) is 0 Å². The van der Waals surface area contributed by atoms with Crippen molar-refractivity contribution >= 4 is 11.1 Å². The van der Waals surface area contributed by atoms with Gasteiger partial charge in [0.2, 0.25) is 0 Å². The van der Waals surface area contributed by atoms with E-state index in [2.05, 4.69) is 60.7 Å². The van der Waals surface area contributed by atoms with Crippen molar-refractivity contribution in [2.45, 2.75) is 11.8 Å². The molecule has 0 fully saturated rings. The van der Waals surface area contributed by atoms with Crippen LogP contribution in [0.5, 0.6) is 0 Å². The lowest BCUT2D eigenvalue weighted by Crippen LogP contribution is -3.61. The van der Waals surface area contributed by atoms with Crippen LogP contribution in [0.4, 0.5) is 0 Å². The highest BCUT2D eigenvalue weighted by Crippen LogP contribution is 2.05. The van der Waals surface area contributed by atoms with E-state index in [1.54, 1.807) is 24.3 Å². The average Bonchev–Trinajstić information content (AvgIpc) is 2.58. The molecule has 23 heavy (non-hydrogen) atoms. The van der Waals surface area contributed by atoms with Crippen molar-refractivity contribution in [3.05, 3.63) is 97.6 Å². The molecule has 0 N–H and O–H groups in total. The maximum Gasteiger partial charge on any atom is 0.357 e. The van der Waals surface area contributed by atoms with Crippen molar-refractivity contribution in [3.63, 3.8) is 0 Å². The zero-order chi connectivity index (χ0) is 16.5. The fourth-order valence-corrected chi connectivity index (χ4v) is 4.36.